The topological polar surface area (TPSA) is 70.1 Å². The fraction of sp³-hybridized carbons (Fsp3) is 0.733. The molecule has 1 aliphatic carbocycles. The van der Waals surface area contributed by atoms with E-state index in [1.54, 1.807) is 12.4 Å². The van der Waals surface area contributed by atoms with Crippen molar-refractivity contribution in [3.63, 3.8) is 0 Å². The van der Waals surface area contributed by atoms with Gasteiger partial charge in [0.1, 0.15) is 11.6 Å². The number of aromatic nitrogens is 2. The van der Waals surface area contributed by atoms with Gasteiger partial charge in [-0.3, -0.25) is 4.98 Å². The molecule has 5 nitrogen and oxygen atoms in total. The summed E-state index contributed by atoms with van der Waals surface area (Å²) in [6, 6.07) is 0. The van der Waals surface area contributed by atoms with Crippen LogP contribution in [-0.4, -0.2) is 34.8 Å². The standard InChI is InChI=1S/C15H26N4O/c1-2-8-17-13-9-16-10-14(19-13)18-11-15(12-20)6-4-3-5-7-15/h9-10,20H,2-8,11-12H2,1H3,(H2,17,18,19). The predicted molar refractivity (Wildman–Crippen MR) is 81.9 cm³/mol. The Hall–Kier alpha value is -1.36. The van der Waals surface area contributed by atoms with E-state index in [0.29, 0.717) is 0 Å². The Morgan fingerprint density at radius 3 is 2.50 bits per heavy atom. The molecule has 0 atom stereocenters. The molecule has 1 aromatic rings. The van der Waals surface area contributed by atoms with Gasteiger partial charge < -0.3 is 15.7 Å². The van der Waals surface area contributed by atoms with Crippen molar-refractivity contribution < 1.29 is 5.11 Å². The first kappa shape index (κ1) is 15.0. The molecule has 1 aromatic heterocycles. The number of hydrogen-bond donors (Lipinski definition) is 3. The molecule has 0 spiro atoms. The van der Waals surface area contributed by atoms with Gasteiger partial charge >= 0.3 is 0 Å². The van der Waals surface area contributed by atoms with Gasteiger partial charge in [-0.25, -0.2) is 4.98 Å². The smallest absolute Gasteiger partial charge is 0.146 e. The number of hydrogen-bond acceptors (Lipinski definition) is 5. The molecule has 0 aliphatic heterocycles. The number of anilines is 2. The van der Waals surface area contributed by atoms with Gasteiger partial charge in [-0.1, -0.05) is 26.2 Å². The Morgan fingerprint density at radius 2 is 1.85 bits per heavy atom. The highest BCUT2D eigenvalue weighted by Gasteiger charge is 2.31. The molecule has 20 heavy (non-hydrogen) atoms. The Morgan fingerprint density at radius 1 is 1.15 bits per heavy atom. The predicted octanol–water partition coefficient (Wildman–Crippen LogP) is 2.65. The lowest BCUT2D eigenvalue weighted by molar-refractivity contribution is 0.0943. The molecule has 0 saturated heterocycles. The SMILES string of the molecule is CCCNc1cncc(NCC2(CO)CCCCC2)n1. The van der Waals surface area contributed by atoms with E-state index in [2.05, 4.69) is 27.5 Å². The highest BCUT2D eigenvalue weighted by molar-refractivity contribution is 5.41. The lowest BCUT2D eigenvalue weighted by Crippen LogP contribution is -2.35. The number of rotatable bonds is 7. The molecule has 3 N–H and O–H groups in total. The summed E-state index contributed by atoms with van der Waals surface area (Å²) in [4.78, 5) is 8.69. The van der Waals surface area contributed by atoms with E-state index in [1.165, 1.54) is 19.3 Å². The maximum absolute atomic E-state index is 9.70. The van der Waals surface area contributed by atoms with Gasteiger partial charge in [0, 0.05) is 18.5 Å². The van der Waals surface area contributed by atoms with Crippen molar-refractivity contribution in [2.24, 2.45) is 5.41 Å². The summed E-state index contributed by atoms with van der Waals surface area (Å²) < 4.78 is 0. The van der Waals surface area contributed by atoms with Crippen LogP contribution in [0.4, 0.5) is 11.6 Å². The summed E-state index contributed by atoms with van der Waals surface area (Å²) in [5, 5.41) is 16.3. The van der Waals surface area contributed by atoms with E-state index in [0.717, 1.165) is 44.0 Å². The molecule has 1 saturated carbocycles. The average Bonchev–Trinajstić information content (AvgIpc) is 2.52. The van der Waals surface area contributed by atoms with Gasteiger partial charge in [0.15, 0.2) is 0 Å². The molecule has 0 unspecified atom stereocenters. The molecule has 5 heteroatoms. The number of aliphatic hydroxyl groups is 1. The summed E-state index contributed by atoms with van der Waals surface area (Å²) in [6.07, 6.45) is 10.5. The summed E-state index contributed by atoms with van der Waals surface area (Å²) in [5.41, 5.74) is 0.0206. The normalized spacial score (nSPS) is 17.7. The van der Waals surface area contributed by atoms with Crippen LogP contribution in [-0.2, 0) is 0 Å². The zero-order chi connectivity index (χ0) is 14.3. The molecule has 0 aromatic carbocycles. The van der Waals surface area contributed by atoms with Gasteiger partial charge in [0.05, 0.1) is 19.0 Å². The Kier molecular flexibility index (Phi) is 5.59. The molecule has 0 bridgehead atoms. The fourth-order valence-electron chi connectivity index (χ4n) is 2.76. The van der Waals surface area contributed by atoms with Gasteiger partial charge in [0.25, 0.3) is 0 Å². The second kappa shape index (κ2) is 7.43. The van der Waals surface area contributed by atoms with Crippen molar-refractivity contribution in [3.8, 4) is 0 Å². The van der Waals surface area contributed by atoms with Crippen LogP contribution in [0, 0.1) is 5.41 Å². The third-order valence-electron chi connectivity index (χ3n) is 4.08. The molecular weight excluding hydrogens is 252 g/mol. The van der Waals surface area contributed by atoms with E-state index in [-0.39, 0.29) is 12.0 Å². The average molecular weight is 278 g/mol. The van der Waals surface area contributed by atoms with Crippen LogP contribution in [0.3, 0.4) is 0 Å². The zero-order valence-electron chi connectivity index (χ0n) is 12.4. The largest absolute Gasteiger partial charge is 0.396 e. The molecule has 2 rings (SSSR count). The maximum atomic E-state index is 9.70. The molecule has 1 fully saturated rings. The highest BCUT2D eigenvalue weighted by Crippen LogP contribution is 2.35. The minimum Gasteiger partial charge on any atom is -0.396 e. The van der Waals surface area contributed by atoms with Gasteiger partial charge in [0.2, 0.25) is 0 Å². The molecule has 0 amide bonds. The van der Waals surface area contributed by atoms with E-state index in [4.69, 9.17) is 0 Å². The van der Waals surface area contributed by atoms with Crippen LogP contribution in [0.2, 0.25) is 0 Å². The fourth-order valence-corrected chi connectivity index (χ4v) is 2.76. The quantitative estimate of drug-likeness (QED) is 0.715. The minimum absolute atomic E-state index is 0.0206. The first-order valence-electron chi connectivity index (χ1n) is 7.69. The number of aliphatic hydroxyl groups excluding tert-OH is 1. The maximum Gasteiger partial charge on any atom is 0.146 e. The summed E-state index contributed by atoms with van der Waals surface area (Å²) in [7, 11) is 0. The second-order valence-corrected chi connectivity index (χ2v) is 5.79. The monoisotopic (exact) mass is 278 g/mol. The van der Waals surface area contributed by atoms with Gasteiger partial charge in [-0.2, -0.15) is 0 Å². The van der Waals surface area contributed by atoms with Gasteiger partial charge in [-0.05, 0) is 19.3 Å². The Labute approximate surface area is 121 Å². The molecule has 112 valence electrons. The molecule has 1 heterocycles. The summed E-state index contributed by atoms with van der Waals surface area (Å²) >= 11 is 0. The van der Waals surface area contributed by atoms with Crippen molar-refractivity contribution in [1.82, 2.24) is 9.97 Å². The Balaban J connectivity index is 1.92. The molecule has 1 aliphatic rings. The lowest BCUT2D eigenvalue weighted by Gasteiger charge is -2.35. The van der Waals surface area contributed by atoms with Crippen LogP contribution in [0.1, 0.15) is 45.4 Å². The number of nitrogens with zero attached hydrogens (tertiary/aromatic N) is 2. The van der Waals surface area contributed by atoms with E-state index in [1.807, 2.05) is 0 Å². The third-order valence-corrected chi connectivity index (χ3v) is 4.08. The van der Waals surface area contributed by atoms with Crippen molar-refractivity contribution in [3.05, 3.63) is 12.4 Å². The summed E-state index contributed by atoms with van der Waals surface area (Å²) in [6.45, 7) is 4.05. The van der Waals surface area contributed by atoms with E-state index >= 15 is 0 Å². The molecule has 0 radical (unpaired) electrons. The zero-order valence-corrected chi connectivity index (χ0v) is 12.4. The second-order valence-electron chi connectivity index (χ2n) is 5.79. The van der Waals surface area contributed by atoms with Crippen LogP contribution < -0.4 is 10.6 Å². The van der Waals surface area contributed by atoms with E-state index in [9.17, 15) is 5.11 Å². The van der Waals surface area contributed by atoms with Crippen molar-refractivity contribution in [2.75, 3.05) is 30.3 Å². The first-order chi connectivity index (χ1) is 9.78. The van der Waals surface area contributed by atoms with Crippen molar-refractivity contribution >= 4 is 11.6 Å². The lowest BCUT2D eigenvalue weighted by atomic mass is 9.74. The Bertz CT molecular complexity index is 405. The minimum atomic E-state index is 0.0206. The van der Waals surface area contributed by atoms with Crippen molar-refractivity contribution in [2.45, 2.75) is 45.4 Å². The van der Waals surface area contributed by atoms with Crippen LogP contribution in [0.15, 0.2) is 12.4 Å². The number of nitrogens with one attached hydrogen (secondary N) is 2. The van der Waals surface area contributed by atoms with E-state index < -0.39 is 0 Å². The molecular formula is C15H26N4O. The van der Waals surface area contributed by atoms with Crippen LogP contribution in [0.25, 0.3) is 0 Å². The van der Waals surface area contributed by atoms with Crippen LogP contribution in [0.5, 0.6) is 0 Å². The first-order valence-corrected chi connectivity index (χ1v) is 7.69. The van der Waals surface area contributed by atoms with Crippen molar-refractivity contribution in [1.29, 1.82) is 0 Å². The summed E-state index contributed by atoms with van der Waals surface area (Å²) in [5.74, 6) is 1.59. The van der Waals surface area contributed by atoms with Gasteiger partial charge in [-0.15, -0.1) is 0 Å². The third kappa shape index (κ3) is 4.07. The van der Waals surface area contributed by atoms with Crippen LogP contribution >= 0.6 is 0 Å². The highest BCUT2D eigenvalue weighted by atomic mass is 16.3.